The molecule has 0 spiro atoms. The summed E-state index contributed by atoms with van der Waals surface area (Å²) >= 11 is 11.3. The summed E-state index contributed by atoms with van der Waals surface area (Å²) in [7, 11) is 0. The van der Waals surface area contributed by atoms with Gasteiger partial charge in [-0.25, -0.2) is 4.98 Å². The van der Waals surface area contributed by atoms with Crippen molar-refractivity contribution in [1.29, 1.82) is 0 Å². The fraction of sp³-hybridized carbons (Fsp3) is 0.500. The molecular weight excluding hydrogens is 254 g/mol. The fourth-order valence-electron chi connectivity index (χ4n) is 2.03. The van der Waals surface area contributed by atoms with Crippen LogP contribution in [-0.4, -0.2) is 14.5 Å². The molecule has 2 aromatic heterocycles. The molecule has 0 fully saturated rings. The predicted molar refractivity (Wildman–Crippen MR) is 74.2 cm³/mol. The quantitative estimate of drug-likeness (QED) is 0.829. The van der Waals surface area contributed by atoms with E-state index in [1.165, 1.54) is 12.8 Å². The molecule has 0 aliphatic rings. The van der Waals surface area contributed by atoms with E-state index in [4.69, 9.17) is 23.8 Å². The van der Waals surface area contributed by atoms with Crippen molar-refractivity contribution in [3.8, 4) is 0 Å². The van der Waals surface area contributed by atoms with Crippen molar-refractivity contribution >= 4 is 35.0 Å². The van der Waals surface area contributed by atoms with Gasteiger partial charge in [0.05, 0.1) is 10.5 Å². The highest BCUT2D eigenvalue weighted by atomic mass is 35.5. The molecule has 92 valence electrons. The highest BCUT2D eigenvalue weighted by Gasteiger charge is 2.11. The minimum absolute atomic E-state index is 0.366. The lowest BCUT2D eigenvalue weighted by Gasteiger charge is -2.13. The Labute approximate surface area is 111 Å². The van der Waals surface area contributed by atoms with Crippen molar-refractivity contribution in [2.75, 3.05) is 0 Å². The number of aromatic nitrogens is 3. The first-order valence-corrected chi connectivity index (χ1v) is 6.68. The van der Waals surface area contributed by atoms with E-state index >= 15 is 0 Å². The number of nitrogens with zero attached hydrogens (tertiary/aromatic N) is 2. The van der Waals surface area contributed by atoms with Crippen LogP contribution in [0.3, 0.4) is 0 Å². The number of aromatic amines is 1. The SMILES string of the molecule is CCCCC(C)n1c(=S)[nH]c2cc(Cl)cnc21. The summed E-state index contributed by atoms with van der Waals surface area (Å²) in [6, 6.07) is 2.23. The van der Waals surface area contributed by atoms with Gasteiger partial charge in [0, 0.05) is 12.2 Å². The monoisotopic (exact) mass is 269 g/mol. The Morgan fingerprint density at radius 2 is 2.35 bits per heavy atom. The summed E-state index contributed by atoms with van der Waals surface area (Å²) in [6.45, 7) is 4.37. The van der Waals surface area contributed by atoms with Crippen molar-refractivity contribution in [3.63, 3.8) is 0 Å². The van der Waals surface area contributed by atoms with Crippen LogP contribution in [0.1, 0.15) is 39.2 Å². The number of imidazole rings is 1. The maximum Gasteiger partial charge on any atom is 0.179 e. The van der Waals surface area contributed by atoms with Gasteiger partial charge in [-0.1, -0.05) is 31.4 Å². The lowest BCUT2D eigenvalue weighted by Crippen LogP contribution is -2.05. The van der Waals surface area contributed by atoms with Gasteiger partial charge in [-0.15, -0.1) is 0 Å². The topological polar surface area (TPSA) is 33.6 Å². The first-order chi connectivity index (χ1) is 8.13. The molecule has 1 atom stereocenters. The molecule has 0 saturated heterocycles. The molecule has 0 amide bonds. The molecule has 3 nitrogen and oxygen atoms in total. The largest absolute Gasteiger partial charge is 0.329 e. The molecule has 0 radical (unpaired) electrons. The second kappa shape index (κ2) is 5.19. The summed E-state index contributed by atoms with van der Waals surface area (Å²) in [5.41, 5.74) is 1.80. The van der Waals surface area contributed by atoms with Gasteiger partial charge in [-0.05, 0) is 31.6 Å². The third kappa shape index (κ3) is 2.53. The van der Waals surface area contributed by atoms with Crippen molar-refractivity contribution in [3.05, 3.63) is 22.1 Å². The third-order valence-electron chi connectivity index (χ3n) is 2.94. The molecule has 5 heteroatoms. The summed E-state index contributed by atoms with van der Waals surface area (Å²) in [5.74, 6) is 0. The van der Waals surface area contributed by atoms with E-state index in [1.54, 1.807) is 6.20 Å². The lowest BCUT2D eigenvalue weighted by molar-refractivity contribution is 0.489. The third-order valence-corrected chi connectivity index (χ3v) is 3.44. The number of fused-ring (bicyclic) bond motifs is 1. The molecule has 1 N–H and O–H groups in total. The van der Waals surface area contributed by atoms with E-state index in [-0.39, 0.29) is 0 Å². The summed E-state index contributed by atoms with van der Waals surface area (Å²) in [4.78, 5) is 7.52. The highest BCUT2D eigenvalue weighted by molar-refractivity contribution is 7.71. The molecule has 2 aromatic rings. The predicted octanol–water partition coefficient (Wildman–Crippen LogP) is 4.50. The zero-order chi connectivity index (χ0) is 12.4. The Hall–Kier alpha value is -0.870. The molecule has 1 unspecified atom stereocenters. The molecule has 0 aromatic carbocycles. The Morgan fingerprint density at radius 3 is 3.06 bits per heavy atom. The van der Waals surface area contributed by atoms with Gasteiger partial charge < -0.3 is 4.98 Å². The standard InChI is InChI=1S/C12H16ClN3S/c1-3-4-5-8(2)16-11-10(15-12(16)17)6-9(13)7-14-11/h6-8H,3-5H2,1-2H3,(H,15,17). The molecular formula is C12H16ClN3S. The molecule has 17 heavy (non-hydrogen) atoms. The van der Waals surface area contributed by atoms with E-state index in [1.807, 2.05) is 6.07 Å². The molecule has 0 bridgehead atoms. The Bertz CT molecular complexity index is 573. The number of nitrogens with one attached hydrogen (secondary N) is 1. The average molecular weight is 270 g/mol. The van der Waals surface area contributed by atoms with Crippen LogP contribution < -0.4 is 0 Å². The van der Waals surface area contributed by atoms with Crippen LogP contribution >= 0.6 is 23.8 Å². The zero-order valence-corrected chi connectivity index (χ0v) is 11.6. The van der Waals surface area contributed by atoms with Crippen molar-refractivity contribution in [2.24, 2.45) is 0 Å². The van der Waals surface area contributed by atoms with E-state index in [9.17, 15) is 0 Å². The molecule has 2 rings (SSSR count). The van der Waals surface area contributed by atoms with Gasteiger partial charge in [0.25, 0.3) is 0 Å². The molecule has 0 saturated carbocycles. The van der Waals surface area contributed by atoms with Crippen LogP contribution in [0.2, 0.25) is 5.02 Å². The van der Waals surface area contributed by atoms with Gasteiger partial charge in [-0.3, -0.25) is 4.57 Å². The number of unbranched alkanes of at least 4 members (excludes halogenated alkanes) is 1. The number of hydrogen-bond donors (Lipinski definition) is 1. The second-order valence-corrected chi connectivity index (χ2v) is 5.14. The molecule has 2 heterocycles. The zero-order valence-electron chi connectivity index (χ0n) is 10.0. The van der Waals surface area contributed by atoms with Crippen molar-refractivity contribution in [2.45, 2.75) is 39.2 Å². The molecule has 0 aliphatic carbocycles. The summed E-state index contributed by atoms with van der Waals surface area (Å²) < 4.78 is 2.80. The maximum atomic E-state index is 5.92. The lowest BCUT2D eigenvalue weighted by atomic mass is 10.1. The first-order valence-electron chi connectivity index (χ1n) is 5.89. The Morgan fingerprint density at radius 1 is 1.59 bits per heavy atom. The van der Waals surface area contributed by atoms with Crippen LogP contribution in [0.5, 0.6) is 0 Å². The minimum atomic E-state index is 0.366. The summed E-state index contributed by atoms with van der Waals surface area (Å²) in [6.07, 6.45) is 5.17. The number of rotatable bonds is 4. The Kier molecular flexibility index (Phi) is 3.84. The van der Waals surface area contributed by atoms with E-state index in [2.05, 4.69) is 28.4 Å². The van der Waals surface area contributed by atoms with Gasteiger partial charge in [0.1, 0.15) is 0 Å². The van der Waals surface area contributed by atoms with Crippen molar-refractivity contribution in [1.82, 2.24) is 14.5 Å². The van der Waals surface area contributed by atoms with Crippen LogP contribution in [0.15, 0.2) is 12.3 Å². The van der Waals surface area contributed by atoms with Gasteiger partial charge in [-0.2, -0.15) is 0 Å². The smallest absolute Gasteiger partial charge is 0.179 e. The van der Waals surface area contributed by atoms with Crippen LogP contribution in [-0.2, 0) is 0 Å². The number of H-pyrrole nitrogens is 1. The van der Waals surface area contributed by atoms with E-state index in [0.717, 1.165) is 22.4 Å². The first kappa shape index (κ1) is 12.6. The summed E-state index contributed by atoms with van der Waals surface area (Å²) in [5, 5.41) is 0.627. The van der Waals surface area contributed by atoms with Crippen LogP contribution in [0.4, 0.5) is 0 Å². The molecule has 0 aliphatic heterocycles. The van der Waals surface area contributed by atoms with Gasteiger partial charge >= 0.3 is 0 Å². The average Bonchev–Trinajstić information content (AvgIpc) is 2.61. The van der Waals surface area contributed by atoms with E-state index < -0.39 is 0 Å². The second-order valence-electron chi connectivity index (χ2n) is 4.32. The van der Waals surface area contributed by atoms with E-state index in [0.29, 0.717) is 11.1 Å². The van der Waals surface area contributed by atoms with Crippen molar-refractivity contribution < 1.29 is 0 Å². The number of hydrogen-bond acceptors (Lipinski definition) is 2. The van der Waals surface area contributed by atoms with Gasteiger partial charge in [0.15, 0.2) is 10.4 Å². The fourth-order valence-corrected chi connectivity index (χ4v) is 2.56. The number of pyridine rings is 1. The highest BCUT2D eigenvalue weighted by Crippen LogP contribution is 2.22. The van der Waals surface area contributed by atoms with Crippen LogP contribution in [0, 0.1) is 4.77 Å². The maximum absolute atomic E-state index is 5.92. The van der Waals surface area contributed by atoms with Gasteiger partial charge in [0.2, 0.25) is 0 Å². The number of halogens is 1. The Balaban J connectivity index is 2.46. The minimum Gasteiger partial charge on any atom is -0.329 e. The van der Waals surface area contributed by atoms with Crippen LogP contribution in [0.25, 0.3) is 11.2 Å². The normalized spacial score (nSPS) is 13.1.